The summed E-state index contributed by atoms with van der Waals surface area (Å²) in [7, 11) is 0. The van der Waals surface area contributed by atoms with Crippen molar-refractivity contribution in [2.75, 3.05) is 13.2 Å². The van der Waals surface area contributed by atoms with Gasteiger partial charge in [0.2, 0.25) is 0 Å². The third-order valence-electron chi connectivity index (χ3n) is 6.22. The Labute approximate surface area is 108 Å². The van der Waals surface area contributed by atoms with E-state index in [4.69, 9.17) is 0 Å². The maximum Gasteiger partial charge on any atom is 0.158 e. The summed E-state index contributed by atoms with van der Waals surface area (Å²) in [6.07, 6.45) is 3.56. The monoisotopic (exact) mass is 250 g/mol. The fraction of sp³-hybridized carbons (Fsp3) is 0.800. The minimum Gasteiger partial charge on any atom is -0.396 e. The van der Waals surface area contributed by atoms with Crippen LogP contribution >= 0.6 is 0 Å². The van der Waals surface area contributed by atoms with Crippen LogP contribution in [0.15, 0.2) is 12.2 Å². The van der Waals surface area contributed by atoms with Gasteiger partial charge >= 0.3 is 0 Å². The fourth-order valence-corrected chi connectivity index (χ4v) is 5.17. The Hall–Kier alpha value is -0.670. The van der Waals surface area contributed by atoms with Crippen LogP contribution in [0, 0.1) is 28.6 Å². The molecular weight excluding hydrogens is 228 g/mol. The predicted molar refractivity (Wildman–Crippen MR) is 67.8 cm³/mol. The van der Waals surface area contributed by atoms with Crippen LogP contribution in [0.2, 0.25) is 0 Å². The van der Waals surface area contributed by atoms with Crippen molar-refractivity contribution >= 4 is 5.78 Å². The van der Waals surface area contributed by atoms with Crippen molar-refractivity contribution in [1.29, 1.82) is 0 Å². The molecule has 3 nitrogen and oxygen atoms in total. The molecule has 4 bridgehead atoms. The minimum atomic E-state index is -0.394. The van der Waals surface area contributed by atoms with Crippen molar-refractivity contribution in [2.45, 2.75) is 32.6 Å². The number of fused-ring (bicyclic) bond motifs is 2. The molecule has 4 aliphatic carbocycles. The molecule has 3 heteroatoms. The van der Waals surface area contributed by atoms with Gasteiger partial charge in [0.05, 0.1) is 13.2 Å². The van der Waals surface area contributed by atoms with Crippen molar-refractivity contribution in [1.82, 2.24) is 0 Å². The standard InChI is InChI=1S/C15H22O3/c1-9-11(18)6-10-13-12(9)14(10,2)4-3-5-15(13,7-16)8-17/h10,12-13,16-17H,1,3-8H2,2H3. The molecule has 4 unspecified atom stereocenters. The number of hydrogen-bond donors (Lipinski definition) is 2. The van der Waals surface area contributed by atoms with E-state index in [9.17, 15) is 15.0 Å². The minimum absolute atomic E-state index is 0.0265. The number of hydrogen-bond acceptors (Lipinski definition) is 3. The van der Waals surface area contributed by atoms with E-state index in [1.54, 1.807) is 0 Å². The van der Waals surface area contributed by atoms with Gasteiger partial charge in [0.15, 0.2) is 5.78 Å². The lowest BCUT2D eigenvalue weighted by atomic mass is 9.37. The number of aliphatic hydroxyl groups is 2. The zero-order chi connectivity index (χ0) is 13.1. The van der Waals surface area contributed by atoms with Gasteiger partial charge in [-0.25, -0.2) is 0 Å². The molecule has 18 heavy (non-hydrogen) atoms. The van der Waals surface area contributed by atoms with E-state index < -0.39 is 5.41 Å². The molecule has 0 aromatic carbocycles. The van der Waals surface area contributed by atoms with Crippen molar-refractivity contribution in [3.63, 3.8) is 0 Å². The second-order valence-electron chi connectivity index (χ2n) is 6.80. The number of aliphatic hydroxyl groups excluding tert-OH is 2. The summed E-state index contributed by atoms with van der Waals surface area (Å²) in [6.45, 7) is 6.32. The molecule has 0 aromatic rings. The summed E-state index contributed by atoms with van der Waals surface area (Å²) in [5, 5.41) is 19.6. The van der Waals surface area contributed by atoms with E-state index in [1.807, 2.05) is 0 Å². The molecule has 4 rings (SSSR count). The summed E-state index contributed by atoms with van der Waals surface area (Å²) in [4.78, 5) is 11.9. The van der Waals surface area contributed by atoms with Crippen LogP contribution in [0.5, 0.6) is 0 Å². The Bertz CT molecular complexity index is 410. The first-order valence-corrected chi connectivity index (χ1v) is 6.94. The highest BCUT2D eigenvalue weighted by atomic mass is 16.3. The lowest BCUT2D eigenvalue weighted by Crippen LogP contribution is -2.65. The Morgan fingerprint density at radius 2 is 2.00 bits per heavy atom. The first-order chi connectivity index (χ1) is 8.50. The Morgan fingerprint density at radius 1 is 1.33 bits per heavy atom. The van der Waals surface area contributed by atoms with Crippen LogP contribution in [-0.4, -0.2) is 29.2 Å². The molecule has 0 aromatic heterocycles. The summed E-state index contributed by atoms with van der Waals surface area (Å²) < 4.78 is 0. The molecule has 100 valence electrons. The second kappa shape index (κ2) is 3.67. The van der Waals surface area contributed by atoms with E-state index in [-0.39, 0.29) is 36.2 Å². The van der Waals surface area contributed by atoms with Crippen LogP contribution < -0.4 is 0 Å². The summed E-state index contributed by atoms with van der Waals surface area (Å²) in [6, 6.07) is 0. The topological polar surface area (TPSA) is 57.5 Å². The third-order valence-corrected chi connectivity index (χ3v) is 6.22. The molecule has 0 aliphatic heterocycles. The number of carbonyl (C=O) groups excluding carboxylic acids is 1. The number of allylic oxidation sites excluding steroid dienone is 1. The normalized spacial score (nSPS) is 45.4. The van der Waals surface area contributed by atoms with Gasteiger partial charge in [-0.15, -0.1) is 0 Å². The van der Waals surface area contributed by atoms with E-state index in [1.165, 1.54) is 0 Å². The van der Waals surface area contributed by atoms with Gasteiger partial charge in [0.1, 0.15) is 0 Å². The van der Waals surface area contributed by atoms with Crippen LogP contribution in [0.25, 0.3) is 0 Å². The highest BCUT2D eigenvalue weighted by Gasteiger charge is 2.69. The first-order valence-electron chi connectivity index (χ1n) is 6.94. The second-order valence-corrected chi connectivity index (χ2v) is 6.80. The van der Waals surface area contributed by atoms with Crippen molar-refractivity contribution < 1.29 is 15.0 Å². The molecule has 2 N–H and O–H groups in total. The molecule has 4 atom stereocenters. The van der Waals surface area contributed by atoms with E-state index >= 15 is 0 Å². The predicted octanol–water partition coefficient (Wildman–Crippen LogP) is 1.54. The van der Waals surface area contributed by atoms with Gasteiger partial charge in [-0.3, -0.25) is 4.79 Å². The number of Topliss-reactive ketones (excluding diaryl/α,β-unsaturated/α-hetero) is 1. The molecule has 0 heterocycles. The van der Waals surface area contributed by atoms with Gasteiger partial charge in [-0.2, -0.15) is 0 Å². The molecular formula is C15H22O3. The molecule has 0 radical (unpaired) electrons. The number of carbonyl (C=O) groups is 1. The van der Waals surface area contributed by atoms with Crippen LogP contribution in [-0.2, 0) is 4.79 Å². The smallest absolute Gasteiger partial charge is 0.158 e. The SMILES string of the molecule is C=C1C(=O)CC2C3C1C2(C)CCCC3(CO)CO. The zero-order valence-electron chi connectivity index (χ0n) is 11.0. The van der Waals surface area contributed by atoms with Crippen LogP contribution in [0.3, 0.4) is 0 Å². The fourth-order valence-electron chi connectivity index (χ4n) is 5.17. The molecule has 0 spiro atoms. The zero-order valence-corrected chi connectivity index (χ0v) is 11.0. The van der Waals surface area contributed by atoms with E-state index in [2.05, 4.69) is 13.5 Å². The highest BCUT2D eigenvalue weighted by Crippen LogP contribution is 2.72. The summed E-state index contributed by atoms with van der Waals surface area (Å²) >= 11 is 0. The van der Waals surface area contributed by atoms with E-state index in [0.29, 0.717) is 12.3 Å². The first kappa shape index (κ1) is 12.4. The van der Waals surface area contributed by atoms with Crippen LogP contribution in [0.1, 0.15) is 32.6 Å². The maximum absolute atomic E-state index is 11.9. The molecule has 0 amide bonds. The summed E-state index contributed by atoms with van der Waals surface area (Å²) in [5.41, 5.74) is 0.537. The largest absolute Gasteiger partial charge is 0.396 e. The molecule has 0 saturated heterocycles. The van der Waals surface area contributed by atoms with Gasteiger partial charge in [0, 0.05) is 11.8 Å². The maximum atomic E-state index is 11.9. The molecule has 4 aliphatic rings. The summed E-state index contributed by atoms with van der Waals surface area (Å²) in [5.74, 6) is 0.975. The molecule has 4 saturated carbocycles. The quantitative estimate of drug-likeness (QED) is 0.731. The van der Waals surface area contributed by atoms with Crippen molar-refractivity contribution in [2.24, 2.45) is 28.6 Å². The Kier molecular flexibility index (Phi) is 2.52. The van der Waals surface area contributed by atoms with Gasteiger partial charge in [-0.1, -0.05) is 19.9 Å². The van der Waals surface area contributed by atoms with E-state index in [0.717, 1.165) is 24.8 Å². The lowest BCUT2D eigenvalue weighted by Gasteiger charge is -2.66. The van der Waals surface area contributed by atoms with Gasteiger partial charge in [0.25, 0.3) is 0 Å². The Morgan fingerprint density at radius 3 is 2.56 bits per heavy atom. The van der Waals surface area contributed by atoms with Crippen LogP contribution in [0.4, 0.5) is 0 Å². The lowest BCUT2D eigenvalue weighted by molar-refractivity contribution is -0.185. The van der Waals surface area contributed by atoms with Gasteiger partial charge < -0.3 is 10.2 Å². The third kappa shape index (κ3) is 1.19. The number of rotatable bonds is 2. The number of ketones is 1. The highest BCUT2D eigenvalue weighted by molar-refractivity contribution is 5.98. The molecule has 4 fully saturated rings. The Balaban J connectivity index is 2.05. The van der Waals surface area contributed by atoms with Gasteiger partial charge in [-0.05, 0) is 41.6 Å². The average molecular weight is 250 g/mol. The van der Waals surface area contributed by atoms with Crippen molar-refractivity contribution in [3.05, 3.63) is 12.2 Å². The average Bonchev–Trinajstić information content (AvgIpc) is 2.57. The van der Waals surface area contributed by atoms with Crippen molar-refractivity contribution in [3.8, 4) is 0 Å².